The average Bonchev–Trinajstić information content (AvgIpc) is 3.14. The Balaban J connectivity index is 0.00000155. The molecule has 1 aliphatic heterocycles. The van der Waals surface area contributed by atoms with Gasteiger partial charge >= 0.3 is 174 Å². The smallest absolute Gasteiger partial charge is 0.264 e. The van der Waals surface area contributed by atoms with Crippen molar-refractivity contribution in [1.29, 1.82) is 0 Å². The van der Waals surface area contributed by atoms with Crippen LogP contribution in [0, 0.1) is 0 Å². The van der Waals surface area contributed by atoms with E-state index in [0.717, 1.165) is 52.1 Å². The molecule has 2 aromatic carbocycles. The summed E-state index contributed by atoms with van der Waals surface area (Å²) in [6.45, 7) is 4.90. The van der Waals surface area contributed by atoms with Gasteiger partial charge in [0.2, 0.25) is 5.91 Å². The minimum absolute atomic E-state index is 0.0602. The molecule has 0 radical (unpaired) electrons. The van der Waals surface area contributed by atoms with E-state index in [0.29, 0.717) is 71.0 Å². The van der Waals surface area contributed by atoms with Gasteiger partial charge in [0.15, 0.2) is 0 Å². The summed E-state index contributed by atoms with van der Waals surface area (Å²) in [6.07, 6.45) is 3.59. The van der Waals surface area contributed by atoms with E-state index < -0.39 is 44.2 Å². The number of anilines is 1. The van der Waals surface area contributed by atoms with Crippen LogP contribution in [0.25, 0.3) is 0 Å². The third-order valence-electron chi connectivity index (χ3n) is 8.44. The second-order valence-electron chi connectivity index (χ2n) is 12.8. The fraction of sp³-hybridized carbons (Fsp3) is 0.556. The molecule has 1 fully saturated rings. The Morgan fingerprint density at radius 2 is 1.54 bits per heavy atom. The molecule has 5 atom stereocenters. The van der Waals surface area contributed by atoms with Crippen molar-refractivity contribution in [3.05, 3.63) is 60.2 Å². The Morgan fingerprint density at radius 3 is 2.15 bits per heavy atom. The minimum atomic E-state index is -4.16. The molecule has 0 aliphatic carbocycles. The maximum Gasteiger partial charge on any atom is 0.397 e. The van der Waals surface area contributed by atoms with E-state index in [1.165, 1.54) is 6.92 Å². The first-order valence-corrected chi connectivity index (χ1v) is 20.7. The van der Waals surface area contributed by atoms with Crippen LogP contribution in [0.5, 0.6) is 5.75 Å². The molecular formula is C36H53N4NaO12S. The molecule has 0 spiro atoms. The Hall–Kier alpha value is -3.13. The standard InChI is InChI=1S/C35H49N4O8.CH4O4S.Na/c1-3-4-8-15-31(43)39(22-12-6-5-11-21-36-34(45)26-13-9-7-10-14-26)23-20-30(42)38-27-16-18-28(19-17-27)47-35-32(37-25(2)40)33(44)29(41)24-46-35;1-5-6(2,3)4;/h7,9-10,13-14,16-19,24,29,32-33,35,41,44H,3-6,8,11-12,15,20-23H2,1-2H3,(H,36,45)(H,37,40)(H,38,42);1H3,(H,2,3,4);/t29-,32+,33-,35+;;/m0../s1. The van der Waals surface area contributed by atoms with Crippen molar-refractivity contribution in [2.45, 2.75) is 99.5 Å². The van der Waals surface area contributed by atoms with Gasteiger partial charge < -0.3 is 10.2 Å². The number of carbonyl (C=O) groups excluding carboxylic acids is 4. The fourth-order valence-corrected chi connectivity index (χ4v) is 6.11. The molecule has 4 amide bonds. The van der Waals surface area contributed by atoms with Gasteiger partial charge in [0.25, 0.3) is 5.91 Å². The van der Waals surface area contributed by atoms with Crippen LogP contribution in [0.1, 0.15) is 82.0 Å². The first-order valence-electron chi connectivity index (χ1n) is 18.1. The molecular weight excluding hydrogens is 735 g/mol. The van der Waals surface area contributed by atoms with Crippen LogP contribution in [0.4, 0.5) is 5.69 Å². The Kier molecular flexibility index (Phi) is 21.9. The van der Waals surface area contributed by atoms with Crippen LogP contribution < -0.4 is 20.7 Å². The number of hydrogen-bond donors (Lipinski definition) is 6. The van der Waals surface area contributed by atoms with Gasteiger partial charge in [-0.3, -0.25) is 18.3 Å². The predicted octanol–water partition coefficient (Wildman–Crippen LogP) is 2.31. The number of rotatable bonds is 20. The van der Waals surface area contributed by atoms with Crippen molar-refractivity contribution in [3.63, 3.8) is 0 Å². The number of carbonyl (C=O) groups is 4. The summed E-state index contributed by atoms with van der Waals surface area (Å²) in [6, 6.07) is 14.8. The number of benzene rings is 2. The molecule has 2 aromatic rings. The van der Waals surface area contributed by atoms with Crippen LogP contribution in [0.2, 0.25) is 0 Å². The minimum Gasteiger partial charge on any atom is -0.264 e. The number of aliphatic hydroxyl groups excluding tert-OH is 2. The summed E-state index contributed by atoms with van der Waals surface area (Å²) in [7, 11) is -3.29. The van der Waals surface area contributed by atoms with Crippen LogP contribution in [-0.4, -0.2) is 134 Å². The largest absolute Gasteiger partial charge is 0.397 e. The molecule has 0 bridgehead atoms. The molecule has 6 N–H and O–H groups in total. The van der Waals surface area contributed by atoms with Crippen LogP contribution in [-0.2, 0) is 33.7 Å². The summed E-state index contributed by atoms with van der Waals surface area (Å²) >= 11 is 0.448. The molecule has 1 saturated heterocycles. The molecule has 0 saturated carbocycles. The SMILES string of the molecule is CCCCCC(=O)N(CCCCCCNC(=O)c1ccccc1)CCC(=O)Nc1ccc(O[C@H]2O[C@H]([Na])[C@H](O)[C@H](O)[C@H]2NC(C)=O)cc1.COS(=O)(=O)O. The zero-order valence-corrected chi connectivity index (χ0v) is 34.3. The van der Waals surface area contributed by atoms with Gasteiger partial charge in [-0.25, -0.2) is 0 Å². The van der Waals surface area contributed by atoms with E-state index in [2.05, 4.69) is 27.1 Å². The van der Waals surface area contributed by atoms with Gasteiger partial charge in [-0.1, -0.05) is 50.8 Å². The van der Waals surface area contributed by atoms with Crippen molar-refractivity contribution >= 4 is 67.6 Å². The van der Waals surface area contributed by atoms with E-state index in [1.807, 2.05) is 18.2 Å². The van der Waals surface area contributed by atoms with Gasteiger partial charge in [-0.2, -0.15) is 8.42 Å². The molecule has 1 aliphatic rings. The Labute approximate surface area is 335 Å². The normalized spacial score (nSPS) is 19.4. The molecule has 16 nitrogen and oxygen atoms in total. The number of amides is 4. The van der Waals surface area contributed by atoms with Crippen molar-refractivity contribution in [2.24, 2.45) is 0 Å². The maximum atomic E-state index is 13.0. The molecule has 296 valence electrons. The third kappa shape index (κ3) is 18.5. The molecule has 3 rings (SSSR count). The summed E-state index contributed by atoms with van der Waals surface area (Å²) in [5.74, 6) is -0.235. The quantitative estimate of drug-likeness (QED) is 0.0645. The number of nitrogens with one attached hydrogen (secondary N) is 3. The third-order valence-corrected chi connectivity index (χ3v) is 9.82. The number of ether oxygens (including phenoxy) is 2. The predicted molar refractivity (Wildman–Crippen MR) is 201 cm³/mol. The molecule has 0 aromatic heterocycles. The number of unbranched alkanes of at least 4 members (excludes halogenated alkanes) is 5. The number of hydrogen-bond acceptors (Lipinski definition) is 11. The van der Waals surface area contributed by atoms with E-state index in [4.69, 9.17) is 14.0 Å². The van der Waals surface area contributed by atoms with Gasteiger partial charge in [-0.15, -0.1) is 0 Å². The van der Waals surface area contributed by atoms with Crippen molar-refractivity contribution in [3.8, 4) is 5.75 Å². The molecule has 0 unspecified atom stereocenters. The van der Waals surface area contributed by atoms with E-state index in [9.17, 15) is 37.8 Å². The van der Waals surface area contributed by atoms with Crippen LogP contribution >= 0.6 is 0 Å². The number of nitrogens with zero attached hydrogens (tertiary/aromatic N) is 1. The van der Waals surface area contributed by atoms with Gasteiger partial charge in [0, 0.05) is 25.1 Å². The van der Waals surface area contributed by atoms with Gasteiger partial charge in [0.1, 0.15) is 0 Å². The van der Waals surface area contributed by atoms with Crippen molar-refractivity contribution in [2.75, 3.05) is 32.1 Å². The van der Waals surface area contributed by atoms with Crippen LogP contribution in [0.15, 0.2) is 54.6 Å². The number of aliphatic hydroxyl groups is 2. The molecule has 1 heterocycles. The zero-order chi connectivity index (χ0) is 40.1. The topological polar surface area (TPSA) is 230 Å². The van der Waals surface area contributed by atoms with E-state index >= 15 is 0 Å². The molecule has 18 heteroatoms. The van der Waals surface area contributed by atoms with E-state index in [-0.39, 0.29) is 24.1 Å². The fourth-order valence-electron chi connectivity index (χ4n) is 5.45. The second kappa shape index (κ2) is 25.1. The first-order chi connectivity index (χ1) is 25.6. The second-order valence-corrected chi connectivity index (χ2v) is 15.2. The maximum absolute atomic E-state index is 13.0. The van der Waals surface area contributed by atoms with Gasteiger partial charge in [0.05, 0.1) is 7.11 Å². The van der Waals surface area contributed by atoms with Crippen molar-refractivity contribution in [1.82, 2.24) is 15.5 Å². The summed E-state index contributed by atoms with van der Waals surface area (Å²) in [5.41, 5.74) is 1.19. The average molecular weight is 789 g/mol. The van der Waals surface area contributed by atoms with Crippen LogP contribution in [0.3, 0.4) is 0 Å². The monoisotopic (exact) mass is 788 g/mol. The Morgan fingerprint density at radius 1 is 0.889 bits per heavy atom. The first kappa shape index (κ1) is 47.0. The summed E-state index contributed by atoms with van der Waals surface area (Å²) in [5, 5.41) is 29.1. The van der Waals surface area contributed by atoms with E-state index in [1.54, 1.807) is 41.3 Å². The summed E-state index contributed by atoms with van der Waals surface area (Å²) < 4.78 is 40.8. The van der Waals surface area contributed by atoms with Crippen molar-refractivity contribution < 1.29 is 56.0 Å². The van der Waals surface area contributed by atoms with Gasteiger partial charge in [-0.05, 0) is 31.4 Å². The zero-order valence-electron chi connectivity index (χ0n) is 31.4. The molecule has 54 heavy (non-hydrogen) atoms. The summed E-state index contributed by atoms with van der Waals surface area (Å²) in [4.78, 5) is 51.4. The Bertz CT molecular complexity index is 1550.